The fraction of sp³-hybridized carbons (Fsp3) is 0.550. The maximum Gasteiger partial charge on any atom is 0.311 e. The van der Waals surface area contributed by atoms with E-state index >= 15 is 0 Å². The van der Waals surface area contributed by atoms with Gasteiger partial charge in [-0.05, 0) is 56.1 Å². The Bertz CT molecular complexity index is 490. The van der Waals surface area contributed by atoms with Gasteiger partial charge in [-0.1, -0.05) is 50.1 Å². The Hall–Kier alpha value is -1.57. The topological polar surface area (TPSA) is 26.3 Å². The number of hydrogen-bond donors (Lipinski definition) is 0. The normalized spacial score (nSPS) is 19.4. The first-order valence-corrected chi connectivity index (χ1v) is 8.63. The molecule has 1 aromatic rings. The Morgan fingerprint density at radius 1 is 1.27 bits per heavy atom. The monoisotopic (exact) mass is 300 g/mol. The van der Waals surface area contributed by atoms with Gasteiger partial charge in [-0.15, -0.1) is 0 Å². The van der Waals surface area contributed by atoms with Gasteiger partial charge in [-0.25, -0.2) is 0 Å². The van der Waals surface area contributed by atoms with E-state index in [9.17, 15) is 4.79 Å². The predicted molar refractivity (Wildman–Crippen MR) is 90.8 cm³/mol. The molecule has 2 unspecified atom stereocenters. The average molecular weight is 300 g/mol. The number of ether oxygens (including phenoxy) is 1. The fourth-order valence-corrected chi connectivity index (χ4v) is 3.18. The summed E-state index contributed by atoms with van der Waals surface area (Å²) in [5.74, 6) is 1.90. The van der Waals surface area contributed by atoms with Gasteiger partial charge in [0, 0.05) is 6.42 Å². The quantitative estimate of drug-likeness (QED) is 0.376. The van der Waals surface area contributed by atoms with Crippen LogP contribution in [0.5, 0.6) is 5.75 Å². The summed E-state index contributed by atoms with van der Waals surface area (Å²) in [7, 11) is 0. The largest absolute Gasteiger partial charge is 0.427 e. The van der Waals surface area contributed by atoms with Crippen molar-refractivity contribution in [1.29, 1.82) is 0 Å². The Kier molecular flexibility index (Phi) is 6.70. The van der Waals surface area contributed by atoms with E-state index in [4.69, 9.17) is 4.74 Å². The molecule has 2 heteroatoms. The molecule has 0 aliphatic heterocycles. The van der Waals surface area contributed by atoms with E-state index in [1.54, 1.807) is 5.57 Å². The number of rotatable bonds is 7. The van der Waals surface area contributed by atoms with Crippen LogP contribution in [0.2, 0.25) is 0 Å². The molecule has 0 radical (unpaired) electrons. The van der Waals surface area contributed by atoms with Gasteiger partial charge in [0.25, 0.3) is 0 Å². The molecule has 0 N–H and O–H groups in total. The van der Waals surface area contributed by atoms with Gasteiger partial charge >= 0.3 is 5.97 Å². The molecule has 0 bridgehead atoms. The van der Waals surface area contributed by atoms with Crippen LogP contribution in [0.4, 0.5) is 0 Å². The van der Waals surface area contributed by atoms with E-state index in [1.165, 1.54) is 32.1 Å². The molecule has 1 aromatic carbocycles. The lowest BCUT2D eigenvalue weighted by Gasteiger charge is -2.25. The minimum atomic E-state index is -0.114. The molecule has 2 nitrogen and oxygen atoms in total. The Morgan fingerprint density at radius 2 is 2.05 bits per heavy atom. The Morgan fingerprint density at radius 3 is 2.68 bits per heavy atom. The van der Waals surface area contributed by atoms with E-state index in [-0.39, 0.29) is 5.97 Å². The van der Waals surface area contributed by atoms with Crippen LogP contribution in [0.25, 0.3) is 0 Å². The maximum atomic E-state index is 12.0. The predicted octanol–water partition coefficient (Wildman–Crippen LogP) is 5.53. The van der Waals surface area contributed by atoms with Crippen molar-refractivity contribution >= 4 is 5.97 Å². The number of para-hydroxylation sites is 1. The number of benzene rings is 1. The number of allylic oxidation sites excluding steroid dienone is 2. The highest BCUT2D eigenvalue weighted by molar-refractivity contribution is 5.72. The molecule has 2 atom stereocenters. The zero-order chi connectivity index (χ0) is 15.8. The first-order chi connectivity index (χ1) is 10.7. The lowest BCUT2D eigenvalue weighted by Crippen LogP contribution is -2.14. The van der Waals surface area contributed by atoms with Crippen LogP contribution in [0.3, 0.4) is 0 Å². The first-order valence-electron chi connectivity index (χ1n) is 8.63. The molecular weight excluding hydrogens is 272 g/mol. The van der Waals surface area contributed by atoms with Gasteiger partial charge < -0.3 is 4.74 Å². The van der Waals surface area contributed by atoms with Crippen LogP contribution in [0.1, 0.15) is 58.8 Å². The van der Waals surface area contributed by atoms with Gasteiger partial charge in [0.2, 0.25) is 0 Å². The zero-order valence-electron chi connectivity index (χ0n) is 13.9. The van der Waals surface area contributed by atoms with E-state index < -0.39 is 0 Å². The van der Waals surface area contributed by atoms with Gasteiger partial charge in [0.05, 0.1) is 0 Å². The first kappa shape index (κ1) is 16.8. The minimum absolute atomic E-state index is 0.114. The van der Waals surface area contributed by atoms with Crippen molar-refractivity contribution in [2.45, 2.75) is 58.8 Å². The number of esters is 1. The summed E-state index contributed by atoms with van der Waals surface area (Å²) >= 11 is 0. The summed E-state index contributed by atoms with van der Waals surface area (Å²) < 4.78 is 5.39. The summed E-state index contributed by atoms with van der Waals surface area (Å²) in [5, 5.41) is 0. The summed E-state index contributed by atoms with van der Waals surface area (Å²) in [6, 6.07) is 9.34. The molecule has 2 rings (SSSR count). The lowest BCUT2D eigenvalue weighted by molar-refractivity contribution is -0.134. The van der Waals surface area contributed by atoms with Crippen molar-refractivity contribution in [3.63, 3.8) is 0 Å². The molecule has 120 valence electrons. The third-order valence-corrected chi connectivity index (χ3v) is 4.54. The second kappa shape index (κ2) is 8.77. The second-order valence-electron chi connectivity index (χ2n) is 6.47. The van der Waals surface area contributed by atoms with Crippen LogP contribution in [0.15, 0.2) is 42.0 Å². The molecule has 22 heavy (non-hydrogen) atoms. The third-order valence-electron chi connectivity index (χ3n) is 4.54. The number of carbonyl (C=O) groups excluding carboxylic acids is 1. The van der Waals surface area contributed by atoms with Gasteiger partial charge in [-0.2, -0.15) is 0 Å². The standard InChI is InChI=1S/C20H28O2/c1-3-7-17(18-12-10-16(2)11-13-18)14-15-20(21)22-19-8-5-4-6-9-19/h4-6,8-9,12,16-17H,3,7,10-11,13-15H2,1-2H3. The van der Waals surface area contributed by atoms with Gasteiger partial charge in [0.1, 0.15) is 5.75 Å². The van der Waals surface area contributed by atoms with E-state index in [2.05, 4.69) is 19.9 Å². The highest BCUT2D eigenvalue weighted by atomic mass is 16.5. The lowest BCUT2D eigenvalue weighted by atomic mass is 9.81. The van der Waals surface area contributed by atoms with Crippen molar-refractivity contribution in [1.82, 2.24) is 0 Å². The molecule has 1 aliphatic rings. The molecule has 0 saturated heterocycles. The fourth-order valence-electron chi connectivity index (χ4n) is 3.18. The zero-order valence-corrected chi connectivity index (χ0v) is 13.9. The molecule has 0 amide bonds. The maximum absolute atomic E-state index is 12.0. The number of carbonyl (C=O) groups is 1. The molecule has 0 heterocycles. The van der Waals surface area contributed by atoms with Gasteiger partial charge in [-0.3, -0.25) is 4.79 Å². The van der Waals surface area contributed by atoms with Crippen molar-refractivity contribution in [3.05, 3.63) is 42.0 Å². The highest BCUT2D eigenvalue weighted by Crippen LogP contribution is 2.32. The summed E-state index contributed by atoms with van der Waals surface area (Å²) in [5.41, 5.74) is 1.58. The van der Waals surface area contributed by atoms with Crippen LogP contribution in [-0.4, -0.2) is 5.97 Å². The van der Waals surface area contributed by atoms with E-state index in [1.807, 2.05) is 30.3 Å². The van der Waals surface area contributed by atoms with Crippen LogP contribution < -0.4 is 4.74 Å². The number of hydrogen-bond acceptors (Lipinski definition) is 2. The van der Waals surface area contributed by atoms with Crippen LogP contribution in [-0.2, 0) is 4.79 Å². The third kappa shape index (κ3) is 5.32. The molecule has 0 aromatic heterocycles. The van der Waals surface area contributed by atoms with E-state index in [0.717, 1.165) is 12.3 Å². The van der Waals surface area contributed by atoms with Crippen molar-refractivity contribution in [2.75, 3.05) is 0 Å². The van der Waals surface area contributed by atoms with Crippen molar-refractivity contribution < 1.29 is 9.53 Å². The molecule has 0 spiro atoms. The molecule has 0 saturated carbocycles. The van der Waals surface area contributed by atoms with Gasteiger partial charge in [0.15, 0.2) is 0 Å². The van der Waals surface area contributed by atoms with Crippen LogP contribution in [0, 0.1) is 11.8 Å². The summed E-state index contributed by atoms with van der Waals surface area (Å²) in [6.45, 7) is 4.54. The smallest absolute Gasteiger partial charge is 0.311 e. The molecular formula is C20H28O2. The van der Waals surface area contributed by atoms with Crippen molar-refractivity contribution in [3.8, 4) is 5.75 Å². The molecule has 1 aliphatic carbocycles. The second-order valence-corrected chi connectivity index (χ2v) is 6.47. The van der Waals surface area contributed by atoms with E-state index in [0.29, 0.717) is 18.1 Å². The minimum Gasteiger partial charge on any atom is -0.427 e. The molecule has 0 fully saturated rings. The van der Waals surface area contributed by atoms with Crippen molar-refractivity contribution in [2.24, 2.45) is 11.8 Å². The highest BCUT2D eigenvalue weighted by Gasteiger charge is 2.19. The Labute approximate surface area is 134 Å². The van der Waals surface area contributed by atoms with Crippen LogP contribution >= 0.6 is 0 Å². The Balaban J connectivity index is 1.85. The SMILES string of the molecule is CCCC(CCC(=O)Oc1ccccc1)C1=CCC(C)CC1. The summed E-state index contributed by atoms with van der Waals surface area (Å²) in [6.07, 6.45) is 9.90. The summed E-state index contributed by atoms with van der Waals surface area (Å²) in [4.78, 5) is 12.0. The average Bonchev–Trinajstić information content (AvgIpc) is 2.53.